The standard InChI is InChI=1S/C19H26O12S/c1-27-16(25)8-6-28-17(31-18-15(24)14(23)13(22)10(4-20)30-18)11-7(3-9(21)12(8)11)5-29-19(26)32-2/h3,6,9-15,17-18,20-24H,4-5H2,1-2H3/t9-,10?,11?,12?,13?,14?,15?,17-,18?/m0/s1. The molecule has 9 atom stereocenters. The molecule has 5 N–H and O–H groups in total. The Labute approximate surface area is 187 Å². The fourth-order valence-electron chi connectivity index (χ4n) is 3.98. The number of methoxy groups -OCH3 is 1. The lowest BCUT2D eigenvalue weighted by Crippen LogP contribution is -2.60. The summed E-state index contributed by atoms with van der Waals surface area (Å²) in [5, 5.41) is 49.6. The highest BCUT2D eigenvalue weighted by Gasteiger charge is 2.52. The molecule has 1 fully saturated rings. The highest BCUT2D eigenvalue weighted by molar-refractivity contribution is 8.12. The van der Waals surface area contributed by atoms with Crippen LogP contribution in [-0.4, -0.2) is 106 Å². The third-order valence-corrected chi connectivity index (χ3v) is 6.06. The molecule has 2 aliphatic heterocycles. The topological polar surface area (TPSA) is 181 Å². The fraction of sp³-hybridized carbons (Fsp3) is 0.684. The third-order valence-electron chi connectivity index (χ3n) is 5.61. The largest absolute Gasteiger partial charge is 0.471 e. The van der Waals surface area contributed by atoms with E-state index in [0.29, 0.717) is 5.57 Å². The molecule has 2 heterocycles. The van der Waals surface area contributed by atoms with Gasteiger partial charge in [0, 0.05) is 5.92 Å². The summed E-state index contributed by atoms with van der Waals surface area (Å²) in [5.74, 6) is -2.44. The summed E-state index contributed by atoms with van der Waals surface area (Å²) in [4.78, 5) is 23.8. The Morgan fingerprint density at radius 2 is 1.81 bits per heavy atom. The number of ether oxygens (including phenoxy) is 5. The molecule has 7 unspecified atom stereocenters. The number of esters is 1. The first kappa shape index (κ1) is 24.9. The van der Waals surface area contributed by atoms with E-state index in [-0.39, 0.29) is 12.2 Å². The highest BCUT2D eigenvalue weighted by atomic mass is 32.2. The smallest absolute Gasteiger partial charge is 0.367 e. The van der Waals surface area contributed by atoms with Gasteiger partial charge in [0.25, 0.3) is 0 Å². The summed E-state index contributed by atoms with van der Waals surface area (Å²) in [5.41, 5.74) is 0.426. The van der Waals surface area contributed by atoms with Crippen molar-refractivity contribution in [3.05, 3.63) is 23.5 Å². The van der Waals surface area contributed by atoms with Crippen molar-refractivity contribution >= 4 is 23.0 Å². The quantitative estimate of drug-likeness (QED) is 0.214. The number of hydrogen-bond donors (Lipinski definition) is 5. The van der Waals surface area contributed by atoms with E-state index in [1.54, 1.807) is 0 Å². The number of thioether (sulfide) groups is 1. The van der Waals surface area contributed by atoms with Crippen LogP contribution in [0.2, 0.25) is 0 Å². The second kappa shape index (κ2) is 10.5. The van der Waals surface area contributed by atoms with Crippen LogP contribution < -0.4 is 0 Å². The van der Waals surface area contributed by atoms with E-state index in [2.05, 4.69) is 0 Å². The van der Waals surface area contributed by atoms with Crippen LogP contribution in [-0.2, 0) is 28.5 Å². The Kier molecular flexibility index (Phi) is 8.16. The lowest BCUT2D eigenvalue weighted by Gasteiger charge is -2.43. The van der Waals surface area contributed by atoms with Crippen LogP contribution in [0.3, 0.4) is 0 Å². The average molecular weight is 478 g/mol. The molecule has 0 aromatic heterocycles. The molecule has 1 saturated heterocycles. The van der Waals surface area contributed by atoms with Crippen LogP contribution in [0.5, 0.6) is 0 Å². The molecular formula is C19H26O12S. The summed E-state index contributed by atoms with van der Waals surface area (Å²) >= 11 is 0.853. The average Bonchev–Trinajstić information content (AvgIpc) is 3.14. The van der Waals surface area contributed by atoms with Crippen LogP contribution >= 0.6 is 11.8 Å². The zero-order chi connectivity index (χ0) is 23.6. The molecule has 12 nitrogen and oxygen atoms in total. The lowest BCUT2D eigenvalue weighted by molar-refractivity contribution is -0.340. The molecule has 3 aliphatic rings. The van der Waals surface area contributed by atoms with Crippen LogP contribution in [0.4, 0.5) is 4.79 Å². The van der Waals surface area contributed by atoms with Crippen molar-refractivity contribution in [2.45, 2.75) is 43.1 Å². The maximum Gasteiger partial charge on any atom is 0.367 e. The normalized spacial score (nSPS) is 38.8. The molecule has 0 radical (unpaired) electrons. The fourth-order valence-corrected chi connectivity index (χ4v) is 4.16. The van der Waals surface area contributed by atoms with Gasteiger partial charge in [-0.15, -0.1) is 0 Å². The van der Waals surface area contributed by atoms with Gasteiger partial charge in [-0.2, -0.15) is 0 Å². The molecule has 1 aliphatic carbocycles. The van der Waals surface area contributed by atoms with Crippen molar-refractivity contribution in [1.29, 1.82) is 0 Å². The van der Waals surface area contributed by atoms with Gasteiger partial charge in [-0.05, 0) is 23.6 Å². The van der Waals surface area contributed by atoms with Crippen molar-refractivity contribution < 1.29 is 58.8 Å². The van der Waals surface area contributed by atoms with Crippen molar-refractivity contribution in [1.82, 2.24) is 0 Å². The maximum absolute atomic E-state index is 12.2. The van der Waals surface area contributed by atoms with E-state index >= 15 is 0 Å². The Bertz CT molecular complexity index is 767. The van der Waals surface area contributed by atoms with E-state index in [1.807, 2.05) is 0 Å². The van der Waals surface area contributed by atoms with Gasteiger partial charge in [0.05, 0.1) is 37.6 Å². The SMILES string of the molecule is COC(=O)C1=CO[C@@H](OC2OC(CO)C(O)C(O)C2O)C2C(COC(=O)SC)=C[C@H](O)C12. The maximum atomic E-state index is 12.2. The summed E-state index contributed by atoms with van der Waals surface area (Å²) in [6.45, 7) is -0.868. The Hall–Kier alpha value is -1.71. The van der Waals surface area contributed by atoms with Crippen molar-refractivity contribution in [2.75, 3.05) is 26.6 Å². The molecular weight excluding hydrogens is 452 g/mol. The molecule has 180 valence electrons. The summed E-state index contributed by atoms with van der Waals surface area (Å²) in [7, 11) is 1.17. The summed E-state index contributed by atoms with van der Waals surface area (Å²) < 4.78 is 26.5. The number of aliphatic hydroxyl groups excluding tert-OH is 5. The monoisotopic (exact) mass is 478 g/mol. The molecule has 0 amide bonds. The summed E-state index contributed by atoms with van der Waals surface area (Å²) in [6, 6.07) is 0. The predicted molar refractivity (Wildman–Crippen MR) is 106 cm³/mol. The zero-order valence-electron chi connectivity index (χ0n) is 17.3. The van der Waals surface area contributed by atoms with E-state index in [1.165, 1.54) is 19.4 Å². The Morgan fingerprint density at radius 1 is 1.09 bits per heavy atom. The van der Waals surface area contributed by atoms with Crippen LogP contribution in [0.15, 0.2) is 23.5 Å². The van der Waals surface area contributed by atoms with Gasteiger partial charge in [0.15, 0.2) is 6.29 Å². The first-order valence-electron chi connectivity index (χ1n) is 9.72. The van der Waals surface area contributed by atoms with Gasteiger partial charge in [-0.25, -0.2) is 9.59 Å². The zero-order valence-corrected chi connectivity index (χ0v) is 18.1. The Balaban J connectivity index is 1.86. The molecule has 0 bridgehead atoms. The van der Waals surface area contributed by atoms with Gasteiger partial charge >= 0.3 is 11.3 Å². The van der Waals surface area contributed by atoms with Gasteiger partial charge in [-0.1, -0.05) is 6.08 Å². The van der Waals surface area contributed by atoms with Gasteiger partial charge < -0.3 is 49.2 Å². The van der Waals surface area contributed by atoms with Gasteiger partial charge in [0.2, 0.25) is 6.29 Å². The minimum absolute atomic E-state index is 0.0288. The van der Waals surface area contributed by atoms with E-state index in [0.717, 1.165) is 18.0 Å². The third kappa shape index (κ3) is 4.79. The molecule has 0 spiro atoms. The number of carbonyl (C=O) groups excluding carboxylic acids is 2. The second-order valence-electron chi connectivity index (χ2n) is 7.43. The molecule has 0 aromatic carbocycles. The van der Waals surface area contributed by atoms with E-state index in [9.17, 15) is 35.1 Å². The molecule has 32 heavy (non-hydrogen) atoms. The number of hydrogen-bond acceptors (Lipinski definition) is 13. The summed E-state index contributed by atoms with van der Waals surface area (Å²) in [6.07, 6.45) is -6.03. The minimum Gasteiger partial charge on any atom is -0.471 e. The molecule has 0 saturated carbocycles. The number of rotatable bonds is 6. The first-order chi connectivity index (χ1) is 15.2. The van der Waals surface area contributed by atoms with Crippen LogP contribution in [0.25, 0.3) is 0 Å². The van der Waals surface area contributed by atoms with E-state index in [4.69, 9.17) is 23.7 Å². The van der Waals surface area contributed by atoms with Crippen molar-refractivity contribution in [2.24, 2.45) is 11.8 Å². The second-order valence-corrected chi connectivity index (χ2v) is 8.17. The number of fused-ring (bicyclic) bond motifs is 1. The van der Waals surface area contributed by atoms with Gasteiger partial charge in [0.1, 0.15) is 31.0 Å². The minimum atomic E-state index is -1.69. The predicted octanol–water partition coefficient (Wildman–Crippen LogP) is -1.75. The Morgan fingerprint density at radius 3 is 2.44 bits per heavy atom. The highest BCUT2D eigenvalue weighted by Crippen LogP contribution is 2.45. The molecule has 3 rings (SSSR count). The first-order valence-corrected chi connectivity index (χ1v) is 10.9. The van der Waals surface area contributed by atoms with Crippen LogP contribution in [0, 0.1) is 11.8 Å². The van der Waals surface area contributed by atoms with Crippen LogP contribution in [0.1, 0.15) is 0 Å². The van der Waals surface area contributed by atoms with E-state index < -0.39 is 72.8 Å². The van der Waals surface area contributed by atoms with Crippen molar-refractivity contribution in [3.8, 4) is 0 Å². The number of aliphatic hydroxyl groups is 5. The lowest BCUT2D eigenvalue weighted by atomic mass is 9.82. The van der Waals surface area contributed by atoms with Crippen molar-refractivity contribution in [3.63, 3.8) is 0 Å². The van der Waals surface area contributed by atoms with Gasteiger partial charge in [-0.3, -0.25) is 0 Å². The molecule has 13 heteroatoms. The molecule has 0 aromatic rings. The number of carbonyl (C=O) groups is 2.